The lowest BCUT2D eigenvalue weighted by molar-refractivity contribution is -0.114. The number of nitrogens with zero attached hydrogens (tertiary/aromatic N) is 1. The van der Waals surface area contributed by atoms with Crippen molar-refractivity contribution in [3.63, 3.8) is 0 Å². The van der Waals surface area contributed by atoms with Crippen LogP contribution in [0.15, 0.2) is 11.8 Å². The lowest BCUT2D eigenvalue weighted by Crippen LogP contribution is -2.41. The molecule has 120 valence electrons. The van der Waals surface area contributed by atoms with Crippen molar-refractivity contribution in [2.45, 2.75) is 44.2 Å². The average molecular weight is 305 g/mol. The molecule has 2 saturated carbocycles. The molecule has 0 heterocycles. The van der Waals surface area contributed by atoms with Gasteiger partial charge in [-0.1, -0.05) is 0 Å². The van der Waals surface area contributed by atoms with Crippen molar-refractivity contribution in [2.75, 3.05) is 6.61 Å². The van der Waals surface area contributed by atoms with Crippen LogP contribution < -0.4 is 16.8 Å². The Bertz CT molecular complexity index is 491. The van der Waals surface area contributed by atoms with Crippen molar-refractivity contribution in [2.24, 2.45) is 23.3 Å². The van der Waals surface area contributed by atoms with Crippen LogP contribution in [-0.4, -0.2) is 30.5 Å². The highest BCUT2D eigenvalue weighted by atomic mass is 16.5. The molecule has 2 rings (SSSR count). The molecular weight excluding hydrogens is 282 g/mol. The second-order valence-electron chi connectivity index (χ2n) is 6.06. The highest BCUT2D eigenvalue weighted by Crippen LogP contribution is 2.32. The molecule has 0 bridgehead atoms. The molecule has 0 radical (unpaired) electrons. The summed E-state index contributed by atoms with van der Waals surface area (Å²) >= 11 is 0. The predicted molar refractivity (Wildman–Crippen MR) is 81.5 cm³/mol. The van der Waals surface area contributed by atoms with E-state index in [1.54, 1.807) is 0 Å². The SMILES string of the molecule is N#CC1CC(OCC2CC2)CCC1N/C=C(\C(=N)N)C(N)=O. The fourth-order valence-electron chi connectivity index (χ4n) is 2.65. The first kappa shape index (κ1) is 16.3. The highest BCUT2D eigenvalue weighted by Gasteiger charge is 2.32. The third-order valence-electron chi connectivity index (χ3n) is 4.23. The van der Waals surface area contributed by atoms with E-state index >= 15 is 0 Å². The molecule has 2 aliphatic rings. The maximum Gasteiger partial charge on any atom is 0.253 e. The van der Waals surface area contributed by atoms with E-state index in [0.717, 1.165) is 19.4 Å². The fraction of sp³-hybridized carbons (Fsp3) is 0.667. The van der Waals surface area contributed by atoms with Gasteiger partial charge in [0.1, 0.15) is 5.84 Å². The Labute approximate surface area is 130 Å². The van der Waals surface area contributed by atoms with Crippen molar-refractivity contribution < 1.29 is 9.53 Å². The van der Waals surface area contributed by atoms with Crippen LogP contribution in [0.2, 0.25) is 0 Å². The van der Waals surface area contributed by atoms with Gasteiger partial charge in [-0.3, -0.25) is 10.2 Å². The van der Waals surface area contributed by atoms with Crippen LogP contribution in [0.3, 0.4) is 0 Å². The van der Waals surface area contributed by atoms with Crippen molar-refractivity contribution >= 4 is 11.7 Å². The molecule has 0 aromatic heterocycles. The summed E-state index contributed by atoms with van der Waals surface area (Å²) in [5, 5.41) is 19.7. The molecule has 0 aromatic carbocycles. The number of carbonyl (C=O) groups is 1. The van der Waals surface area contributed by atoms with Crippen molar-refractivity contribution in [1.29, 1.82) is 10.7 Å². The lowest BCUT2D eigenvalue weighted by atomic mass is 9.83. The molecule has 3 unspecified atom stereocenters. The number of primary amides is 1. The van der Waals surface area contributed by atoms with E-state index < -0.39 is 5.91 Å². The number of amidine groups is 1. The lowest BCUT2D eigenvalue weighted by Gasteiger charge is -2.32. The van der Waals surface area contributed by atoms with E-state index in [1.165, 1.54) is 19.0 Å². The zero-order valence-electron chi connectivity index (χ0n) is 12.5. The third-order valence-corrected chi connectivity index (χ3v) is 4.23. The molecule has 2 aliphatic carbocycles. The van der Waals surface area contributed by atoms with Crippen molar-refractivity contribution in [1.82, 2.24) is 5.32 Å². The molecule has 3 atom stereocenters. The van der Waals surface area contributed by atoms with E-state index in [1.807, 2.05) is 0 Å². The Hall–Kier alpha value is -2.07. The van der Waals surface area contributed by atoms with Gasteiger partial charge >= 0.3 is 0 Å². The first-order valence-corrected chi connectivity index (χ1v) is 7.63. The summed E-state index contributed by atoms with van der Waals surface area (Å²) in [7, 11) is 0. The van der Waals surface area contributed by atoms with Gasteiger partial charge in [-0.15, -0.1) is 0 Å². The zero-order valence-corrected chi connectivity index (χ0v) is 12.5. The van der Waals surface area contributed by atoms with Gasteiger partial charge in [0.15, 0.2) is 0 Å². The van der Waals surface area contributed by atoms with Gasteiger partial charge in [0.2, 0.25) is 0 Å². The van der Waals surface area contributed by atoms with Crippen LogP contribution in [0.5, 0.6) is 0 Å². The number of nitriles is 1. The number of carbonyl (C=O) groups excluding carboxylic acids is 1. The maximum atomic E-state index is 11.2. The smallest absolute Gasteiger partial charge is 0.253 e. The van der Waals surface area contributed by atoms with Crippen LogP contribution in [0, 0.1) is 28.6 Å². The topological polar surface area (TPSA) is 138 Å². The molecule has 2 fully saturated rings. The van der Waals surface area contributed by atoms with Crippen LogP contribution >= 0.6 is 0 Å². The molecule has 1 amide bonds. The number of amides is 1. The maximum absolute atomic E-state index is 11.2. The molecule has 6 N–H and O–H groups in total. The summed E-state index contributed by atoms with van der Waals surface area (Å²) in [6, 6.07) is 2.21. The number of rotatable bonds is 7. The second-order valence-corrected chi connectivity index (χ2v) is 6.06. The van der Waals surface area contributed by atoms with Crippen molar-refractivity contribution in [3.05, 3.63) is 11.8 Å². The third kappa shape index (κ3) is 4.46. The highest BCUT2D eigenvalue weighted by molar-refractivity contribution is 6.18. The quantitative estimate of drug-likeness (QED) is 0.306. The second kappa shape index (κ2) is 7.27. The molecule has 7 heteroatoms. The molecule has 0 aromatic rings. The van der Waals surface area contributed by atoms with Gasteiger partial charge in [-0.05, 0) is 38.0 Å². The van der Waals surface area contributed by atoms with Gasteiger partial charge in [0.05, 0.1) is 23.7 Å². The number of nitrogens with one attached hydrogen (secondary N) is 2. The number of nitrogens with two attached hydrogens (primary N) is 2. The van der Waals surface area contributed by atoms with Crippen molar-refractivity contribution in [3.8, 4) is 6.07 Å². The summed E-state index contributed by atoms with van der Waals surface area (Å²) < 4.78 is 5.87. The molecule has 0 spiro atoms. The Morgan fingerprint density at radius 1 is 1.36 bits per heavy atom. The predicted octanol–water partition coefficient (Wildman–Crippen LogP) is 0.369. The zero-order chi connectivity index (χ0) is 16.1. The monoisotopic (exact) mass is 305 g/mol. The Morgan fingerprint density at radius 3 is 2.64 bits per heavy atom. The van der Waals surface area contributed by atoms with Gasteiger partial charge in [-0.25, -0.2) is 0 Å². The first-order valence-electron chi connectivity index (χ1n) is 7.63. The Balaban J connectivity index is 1.88. The minimum atomic E-state index is -0.755. The van der Waals surface area contributed by atoms with Gasteiger partial charge in [0.25, 0.3) is 5.91 Å². The van der Waals surface area contributed by atoms with E-state index in [2.05, 4.69) is 11.4 Å². The standard InChI is InChI=1S/C15H23N5O2/c16-6-10-5-11(22-8-9-1-2-9)3-4-13(10)20-7-12(14(17)18)15(19)21/h7,9-11,13,20H,1-5,8H2,(H3,17,18)(H2,19,21)/b12-7+. The van der Waals surface area contributed by atoms with E-state index in [4.69, 9.17) is 21.6 Å². The van der Waals surface area contributed by atoms with E-state index in [9.17, 15) is 10.1 Å². The summed E-state index contributed by atoms with van der Waals surface area (Å²) in [4.78, 5) is 11.2. The minimum Gasteiger partial charge on any atom is -0.386 e. The summed E-state index contributed by atoms with van der Waals surface area (Å²) in [6.45, 7) is 0.803. The summed E-state index contributed by atoms with van der Waals surface area (Å²) in [6.07, 6.45) is 6.33. The van der Waals surface area contributed by atoms with Crippen LogP contribution in [0.1, 0.15) is 32.1 Å². The summed E-state index contributed by atoms with van der Waals surface area (Å²) in [5.74, 6) is -0.617. The average Bonchev–Trinajstić information content (AvgIpc) is 3.29. The van der Waals surface area contributed by atoms with Gasteiger partial charge in [0, 0.05) is 18.8 Å². The normalized spacial score (nSPS) is 28.7. The number of hydrogen-bond donors (Lipinski definition) is 4. The molecule has 22 heavy (non-hydrogen) atoms. The minimum absolute atomic E-state index is 0.0659. The molecule has 7 nitrogen and oxygen atoms in total. The Morgan fingerprint density at radius 2 is 2.09 bits per heavy atom. The van der Waals surface area contributed by atoms with E-state index in [-0.39, 0.29) is 29.5 Å². The fourth-order valence-corrected chi connectivity index (χ4v) is 2.65. The summed E-state index contributed by atoms with van der Waals surface area (Å²) in [5.41, 5.74) is 10.4. The largest absolute Gasteiger partial charge is 0.386 e. The van der Waals surface area contributed by atoms with Crippen LogP contribution in [-0.2, 0) is 9.53 Å². The number of hydrogen-bond acceptors (Lipinski definition) is 5. The van der Waals surface area contributed by atoms with Crippen LogP contribution in [0.25, 0.3) is 0 Å². The molecule has 0 aliphatic heterocycles. The molecule has 0 saturated heterocycles. The van der Waals surface area contributed by atoms with Gasteiger partial charge in [-0.2, -0.15) is 5.26 Å². The van der Waals surface area contributed by atoms with Gasteiger partial charge < -0.3 is 21.5 Å². The first-order chi connectivity index (χ1) is 10.5. The Kier molecular flexibility index (Phi) is 5.39. The molecular formula is C15H23N5O2. The van der Waals surface area contributed by atoms with Crippen LogP contribution in [0.4, 0.5) is 0 Å². The number of ether oxygens (including phenoxy) is 1. The van der Waals surface area contributed by atoms with E-state index in [0.29, 0.717) is 12.3 Å².